The zero-order valence-electron chi connectivity index (χ0n) is 10.7. The van der Waals surface area contributed by atoms with Gasteiger partial charge in [-0.3, -0.25) is 0 Å². The Labute approximate surface area is 98.5 Å². The first-order chi connectivity index (χ1) is 7.31. The lowest BCUT2D eigenvalue weighted by Gasteiger charge is -2.34. The zero-order valence-corrected chi connectivity index (χ0v) is 10.7. The van der Waals surface area contributed by atoms with Crippen molar-refractivity contribution in [1.29, 1.82) is 0 Å². The Morgan fingerprint density at radius 3 is 2.19 bits per heavy atom. The van der Waals surface area contributed by atoms with Crippen molar-refractivity contribution in [3.8, 4) is 0 Å². The second-order valence-corrected chi connectivity index (χ2v) is 5.52. The molecule has 0 bridgehead atoms. The van der Waals surface area contributed by atoms with E-state index in [0.29, 0.717) is 0 Å². The van der Waals surface area contributed by atoms with Crippen LogP contribution in [0.1, 0.15) is 38.8 Å². The van der Waals surface area contributed by atoms with Crippen LogP contribution in [0.3, 0.4) is 0 Å². The van der Waals surface area contributed by atoms with Crippen LogP contribution in [0.15, 0.2) is 18.2 Å². The van der Waals surface area contributed by atoms with Crippen molar-refractivity contribution in [3.05, 3.63) is 29.3 Å². The van der Waals surface area contributed by atoms with E-state index in [1.807, 2.05) is 6.82 Å². The molecule has 0 aromatic heterocycles. The molecule has 85 valence electrons. The van der Waals surface area contributed by atoms with E-state index in [9.17, 15) is 5.21 Å². The van der Waals surface area contributed by atoms with E-state index in [1.54, 1.807) is 0 Å². The van der Waals surface area contributed by atoms with Gasteiger partial charge in [-0.15, -0.1) is 0 Å². The summed E-state index contributed by atoms with van der Waals surface area (Å²) in [6.07, 6.45) is 0. The highest BCUT2D eigenvalue weighted by atomic mass is 16.5. The summed E-state index contributed by atoms with van der Waals surface area (Å²) in [6.45, 7) is 10.2. The third kappa shape index (κ3) is 1.35. The molecule has 0 aliphatic carbocycles. The van der Waals surface area contributed by atoms with Crippen molar-refractivity contribution in [2.75, 3.05) is 0 Å². The summed E-state index contributed by atoms with van der Waals surface area (Å²) in [7, 11) is 2.09. The van der Waals surface area contributed by atoms with Gasteiger partial charge in [0.1, 0.15) is 7.28 Å². The van der Waals surface area contributed by atoms with Crippen molar-refractivity contribution >= 4 is 12.7 Å². The number of hydrogen-bond donors (Lipinski definition) is 1. The number of benzene rings is 1. The first-order valence-electron chi connectivity index (χ1n) is 5.75. The van der Waals surface area contributed by atoms with Crippen LogP contribution >= 0.6 is 0 Å². The monoisotopic (exact) mass is 216 g/mol. The maximum absolute atomic E-state index is 10.3. The fourth-order valence-corrected chi connectivity index (χ4v) is 2.71. The molecule has 0 atom stereocenters. The van der Waals surface area contributed by atoms with Gasteiger partial charge in [0, 0.05) is 0 Å². The highest BCUT2D eigenvalue weighted by Gasteiger charge is 2.48. The maximum Gasteiger partial charge on any atom is 0.148 e. The summed E-state index contributed by atoms with van der Waals surface area (Å²) in [5.74, 6) is 0. The number of nitrogens with zero attached hydrogens (tertiary/aromatic N) is 1. The van der Waals surface area contributed by atoms with Gasteiger partial charge in [-0.1, -0.05) is 30.5 Å². The number of hydrogen-bond acceptors (Lipinski definition) is 2. The van der Waals surface area contributed by atoms with Gasteiger partial charge in [0.15, 0.2) is 0 Å². The van der Waals surface area contributed by atoms with Gasteiger partial charge in [0.05, 0.1) is 11.1 Å². The molecule has 16 heavy (non-hydrogen) atoms. The van der Waals surface area contributed by atoms with Gasteiger partial charge < -0.3 is 5.21 Å². The van der Waals surface area contributed by atoms with Crippen LogP contribution in [-0.2, 0) is 11.1 Å². The van der Waals surface area contributed by atoms with Crippen LogP contribution in [0.4, 0.5) is 0 Å². The van der Waals surface area contributed by atoms with E-state index in [2.05, 4.69) is 53.2 Å². The average Bonchev–Trinajstić information content (AvgIpc) is 2.38. The van der Waals surface area contributed by atoms with Gasteiger partial charge in [-0.2, -0.15) is 5.06 Å². The second kappa shape index (κ2) is 3.35. The summed E-state index contributed by atoms with van der Waals surface area (Å²) in [5, 5.41) is 11.8. The molecule has 1 radical (unpaired) electrons. The second-order valence-electron chi connectivity index (χ2n) is 5.52. The highest BCUT2D eigenvalue weighted by molar-refractivity contribution is 6.51. The number of hydroxylamine groups is 2. The van der Waals surface area contributed by atoms with E-state index in [4.69, 9.17) is 0 Å². The molecule has 0 amide bonds. The normalized spacial score (nSPS) is 21.9. The minimum Gasteiger partial charge on any atom is -0.312 e. The van der Waals surface area contributed by atoms with E-state index < -0.39 is 0 Å². The Kier molecular flexibility index (Phi) is 2.44. The fraction of sp³-hybridized carbons (Fsp3) is 0.538. The Morgan fingerprint density at radius 2 is 1.62 bits per heavy atom. The molecule has 1 heterocycles. The van der Waals surface area contributed by atoms with Gasteiger partial charge >= 0.3 is 0 Å². The van der Waals surface area contributed by atoms with Crippen LogP contribution in [0.25, 0.3) is 0 Å². The molecule has 1 aromatic rings. The molecular weight excluding hydrogens is 197 g/mol. The fourth-order valence-electron chi connectivity index (χ4n) is 2.71. The minimum absolute atomic E-state index is 0.314. The van der Waals surface area contributed by atoms with Gasteiger partial charge in [-0.05, 0) is 38.8 Å². The summed E-state index contributed by atoms with van der Waals surface area (Å²) >= 11 is 0. The van der Waals surface area contributed by atoms with E-state index >= 15 is 0 Å². The predicted octanol–water partition coefficient (Wildman–Crippen LogP) is 2.24. The van der Waals surface area contributed by atoms with Crippen molar-refractivity contribution in [3.63, 3.8) is 0 Å². The predicted molar refractivity (Wildman–Crippen MR) is 67.4 cm³/mol. The Bertz CT molecular complexity index is 426. The third-order valence-corrected chi connectivity index (χ3v) is 3.75. The van der Waals surface area contributed by atoms with Crippen LogP contribution in [-0.4, -0.2) is 17.5 Å². The van der Waals surface area contributed by atoms with Gasteiger partial charge in [0.2, 0.25) is 0 Å². The van der Waals surface area contributed by atoms with Crippen LogP contribution < -0.4 is 5.46 Å². The molecule has 1 N–H and O–H groups in total. The molecule has 1 aliphatic heterocycles. The molecule has 2 nitrogen and oxygen atoms in total. The van der Waals surface area contributed by atoms with Crippen molar-refractivity contribution < 1.29 is 5.21 Å². The summed E-state index contributed by atoms with van der Waals surface area (Å²) in [6, 6.07) is 6.41. The quantitative estimate of drug-likeness (QED) is 0.727. The van der Waals surface area contributed by atoms with Crippen molar-refractivity contribution in [2.45, 2.75) is 45.6 Å². The molecule has 0 fully saturated rings. The molecular formula is C13H19BNO. The minimum atomic E-state index is -0.322. The standard InChI is InChI=1S/C13H19BNO/c1-12(2)10-7-6-9(14-5)8-11(10)13(3,4)15(12)16/h6-8,16H,1-5H3. The first-order valence-corrected chi connectivity index (χ1v) is 5.75. The zero-order chi connectivity index (χ0) is 12.1. The largest absolute Gasteiger partial charge is 0.312 e. The SMILES string of the molecule is C[B]c1ccc2c(c1)C(C)(C)N(O)C2(C)C. The lowest BCUT2D eigenvalue weighted by atomic mass is 9.71. The first kappa shape index (κ1) is 11.7. The van der Waals surface area contributed by atoms with Crippen LogP contribution in [0, 0.1) is 0 Å². The van der Waals surface area contributed by atoms with Crippen LogP contribution in [0.2, 0.25) is 6.82 Å². The number of fused-ring (bicyclic) bond motifs is 1. The van der Waals surface area contributed by atoms with E-state index in [0.717, 1.165) is 0 Å². The highest BCUT2D eigenvalue weighted by Crippen LogP contribution is 2.47. The molecule has 2 rings (SSSR count). The summed E-state index contributed by atoms with van der Waals surface area (Å²) in [4.78, 5) is 0. The Morgan fingerprint density at radius 1 is 1.06 bits per heavy atom. The smallest absolute Gasteiger partial charge is 0.148 e. The maximum atomic E-state index is 10.3. The molecule has 0 saturated carbocycles. The topological polar surface area (TPSA) is 23.5 Å². The molecule has 1 aliphatic rings. The van der Waals surface area contributed by atoms with Gasteiger partial charge in [0.25, 0.3) is 0 Å². The summed E-state index contributed by atoms with van der Waals surface area (Å²) < 4.78 is 0. The molecule has 0 saturated heterocycles. The Hall–Kier alpha value is -0.795. The van der Waals surface area contributed by atoms with Crippen LogP contribution in [0.5, 0.6) is 0 Å². The van der Waals surface area contributed by atoms with Crippen molar-refractivity contribution in [1.82, 2.24) is 5.06 Å². The molecule has 0 spiro atoms. The molecule has 0 unspecified atom stereocenters. The van der Waals surface area contributed by atoms with E-state index in [1.165, 1.54) is 21.7 Å². The third-order valence-electron chi connectivity index (χ3n) is 3.75. The average molecular weight is 216 g/mol. The van der Waals surface area contributed by atoms with Gasteiger partial charge in [-0.25, -0.2) is 0 Å². The summed E-state index contributed by atoms with van der Waals surface area (Å²) in [5.41, 5.74) is 3.00. The lowest BCUT2D eigenvalue weighted by molar-refractivity contribution is -0.216. The molecule has 3 heteroatoms. The molecule has 1 aromatic carbocycles. The van der Waals surface area contributed by atoms with E-state index in [-0.39, 0.29) is 11.1 Å². The number of rotatable bonds is 1. The Balaban J connectivity index is 2.65. The van der Waals surface area contributed by atoms with Crippen molar-refractivity contribution in [2.24, 2.45) is 0 Å². The lowest BCUT2D eigenvalue weighted by Crippen LogP contribution is -2.42.